The van der Waals surface area contributed by atoms with Crippen molar-refractivity contribution in [2.45, 2.75) is 51.6 Å². The van der Waals surface area contributed by atoms with E-state index in [2.05, 4.69) is 13.5 Å². The molecule has 3 rings (SSSR count). The van der Waals surface area contributed by atoms with Crippen molar-refractivity contribution in [3.05, 3.63) is 12.2 Å². The lowest BCUT2D eigenvalue weighted by molar-refractivity contribution is -0.158. The molecule has 0 bridgehead atoms. The Morgan fingerprint density at radius 3 is 2.74 bits per heavy atom. The molecule has 0 heterocycles. The summed E-state index contributed by atoms with van der Waals surface area (Å²) in [7, 11) is 1.47. The van der Waals surface area contributed by atoms with E-state index in [0.717, 1.165) is 37.7 Å². The molecule has 3 heteroatoms. The molecule has 1 N–H and O–H groups in total. The number of esters is 1. The maximum atomic E-state index is 12.3. The van der Waals surface area contributed by atoms with Crippen LogP contribution in [0.15, 0.2) is 12.2 Å². The van der Waals surface area contributed by atoms with Gasteiger partial charge >= 0.3 is 5.97 Å². The summed E-state index contributed by atoms with van der Waals surface area (Å²) in [6.07, 6.45) is 4.38. The van der Waals surface area contributed by atoms with Crippen LogP contribution < -0.4 is 0 Å². The first-order valence-corrected chi connectivity index (χ1v) is 7.29. The second-order valence-electron chi connectivity index (χ2n) is 7.23. The molecule has 0 saturated heterocycles. The van der Waals surface area contributed by atoms with Crippen LogP contribution in [-0.4, -0.2) is 23.8 Å². The molecule has 0 aromatic carbocycles. The van der Waals surface area contributed by atoms with Crippen molar-refractivity contribution < 1.29 is 14.6 Å². The van der Waals surface area contributed by atoms with Crippen molar-refractivity contribution in [2.75, 3.05) is 7.11 Å². The molecule has 0 spiro atoms. The Morgan fingerprint density at radius 2 is 2.11 bits per heavy atom. The summed E-state index contributed by atoms with van der Waals surface area (Å²) in [6.45, 7) is 8.36. The molecule has 3 nitrogen and oxygen atoms in total. The van der Waals surface area contributed by atoms with Gasteiger partial charge in [0.25, 0.3) is 0 Å². The van der Waals surface area contributed by atoms with E-state index in [-0.39, 0.29) is 17.3 Å². The van der Waals surface area contributed by atoms with Gasteiger partial charge in [0.2, 0.25) is 0 Å². The summed E-state index contributed by atoms with van der Waals surface area (Å²) in [5.74, 6) is 0.480. The minimum Gasteiger partial charge on any atom is -0.469 e. The molecule has 3 saturated carbocycles. The topological polar surface area (TPSA) is 46.5 Å². The van der Waals surface area contributed by atoms with Gasteiger partial charge in [-0.15, -0.1) is 0 Å². The summed E-state index contributed by atoms with van der Waals surface area (Å²) in [5.41, 5.74) is -0.322. The number of carbonyl (C=O) groups is 1. The Hall–Kier alpha value is -0.830. The molecule has 5 atom stereocenters. The number of rotatable bonds is 1. The van der Waals surface area contributed by atoms with Crippen molar-refractivity contribution in [3.63, 3.8) is 0 Å². The largest absolute Gasteiger partial charge is 0.469 e. The molecule has 19 heavy (non-hydrogen) atoms. The number of methoxy groups -OCH3 is 1. The molecule has 3 aliphatic carbocycles. The molecule has 3 fully saturated rings. The Morgan fingerprint density at radius 1 is 1.42 bits per heavy atom. The van der Waals surface area contributed by atoms with Gasteiger partial charge in [0.15, 0.2) is 0 Å². The molecule has 0 aromatic rings. The molecule has 0 aromatic heterocycles. The van der Waals surface area contributed by atoms with E-state index >= 15 is 0 Å². The van der Waals surface area contributed by atoms with Crippen molar-refractivity contribution >= 4 is 5.97 Å². The summed E-state index contributed by atoms with van der Waals surface area (Å²) < 4.78 is 5.06. The lowest BCUT2D eigenvalue weighted by Gasteiger charge is -2.44. The quantitative estimate of drug-likeness (QED) is 0.585. The van der Waals surface area contributed by atoms with E-state index < -0.39 is 11.0 Å². The minimum atomic E-state index is -0.658. The van der Waals surface area contributed by atoms with Crippen LogP contribution in [0.2, 0.25) is 0 Å². The van der Waals surface area contributed by atoms with Gasteiger partial charge in [-0.1, -0.05) is 19.1 Å². The van der Waals surface area contributed by atoms with Crippen molar-refractivity contribution in [1.82, 2.24) is 0 Å². The van der Waals surface area contributed by atoms with Gasteiger partial charge in [-0.05, 0) is 50.9 Å². The van der Waals surface area contributed by atoms with Crippen molar-refractivity contribution in [1.29, 1.82) is 0 Å². The fourth-order valence-corrected chi connectivity index (χ4v) is 5.58. The molecule has 0 radical (unpaired) electrons. The van der Waals surface area contributed by atoms with Crippen LogP contribution in [0.1, 0.15) is 46.0 Å². The van der Waals surface area contributed by atoms with E-state index in [1.165, 1.54) is 7.11 Å². The van der Waals surface area contributed by atoms with E-state index in [1.807, 2.05) is 6.92 Å². The number of aliphatic hydroxyl groups is 1. The van der Waals surface area contributed by atoms with Crippen LogP contribution in [0.4, 0.5) is 0 Å². The summed E-state index contributed by atoms with van der Waals surface area (Å²) in [4.78, 5) is 12.3. The lowest BCUT2D eigenvalue weighted by atomic mass is 9.61. The third kappa shape index (κ3) is 1.30. The Balaban J connectivity index is 2.09. The van der Waals surface area contributed by atoms with Gasteiger partial charge in [-0.2, -0.15) is 0 Å². The first-order valence-electron chi connectivity index (χ1n) is 7.29. The van der Waals surface area contributed by atoms with Crippen LogP contribution in [0.3, 0.4) is 0 Å². The highest BCUT2D eigenvalue weighted by Crippen LogP contribution is 2.72. The van der Waals surface area contributed by atoms with Crippen molar-refractivity contribution in [3.8, 4) is 0 Å². The second-order valence-corrected chi connectivity index (χ2v) is 7.23. The highest BCUT2D eigenvalue weighted by molar-refractivity contribution is 5.77. The molecular weight excluding hydrogens is 240 g/mol. The van der Waals surface area contributed by atoms with E-state index in [1.54, 1.807) is 0 Å². The van der Waals surface area contributed by atoms with Gasteiger partial charge in [-0.3, -0.25) is 4.79 Å². The maximum Gasteiger partial charge on any atom is 0.311 e. The summed E-state index contributed by atoms with van der Waals surface area (Å²) >= 11 is 0. The average molecular weight is 264 g/mol. The summed E-state index contributed by atoms with van der Waals surface area (Å²) in [5, 5.41) is 11.0. The molecule has 0 unspecified atom stereocenters. The van der Waals surface area contributed by atoms with E-state index in [9.17, 15) is 9.90 Å². The first-order chi connectivity index (χ1) is 8.79. The fraction of sp³-hybridized carbons (Fsp3) is 0.812. The molecule has 0 amide bonds. The zero-order chi connectivity index (χ0) is 14.1. The Labute approximate surface area is 115 Å². The molecule has 106 valence electrons. The second kappa shape index (κ2) is 3.63. The van der Waals surface area contributed by atoms with Gasteiger partial charge in [-0.25, -0.2) is 0 Å². The third-order valence-electron chi connectivity index (χ3n) is 6.61. The predicted molar refractivity (Wildman–Crippen MR) is 72.4 cm³/mol. The number of hydrogen-bond acceptors (Lipinski definition) is 3. The number of hydrogen-bond donors (Lipinski definition) is 1. The maximum absolute atomic E-state index is 12.3. The number of ether oxygens (including phenoxy) is 1. The highest BCUT2D eigenvalue weighted by atomic mass is 16.5. The van der Waals surface area contributed by atoms with Gasteiger partial charge in [0.1, 0.15) is 0 Å². The smallest absolute Gasteiger partial charge is 0.311 e. The fourth-order valence-electron chi connectivity index (χ4n) is 5.58. The molecular formula is C16H24O3. The van der Waals surface area contributed by atoms with Crippen LogP contribution in [0.5, 0.6) is 0 Å². The van der Waals surface area contributed by atoms with Crippen LogP contribution >= 0.6 is 0 Å². The van der Waals surface area contributed by atoms with E-state index in [4.69, 9.17) is 4.74 Å². The predicted octanol–water partition coefficient (Wildman–Crippen LogP) is 2.68. The monoisotopic (exact) mass is 264 g/mol. The van der Waals surface area contributed by atoms with Gasteiger partial charge in [0, 0.05) is 5.41 Å². The Kier molecular flexibility index (Phi) is 2.52. The Bertz CT molecular complexity index is 457. The first kappa shape index (κ1) is 13.2. The van der Waals surface area contributed by atoms with Gasteiger partial charge < -0.3 is 9.84 Å². The minimum absolute atomic E-state index is 0.120. The van der Waals surface area contributed by atoms with Crippen LogP contribution in [0.25, 0.3) is 0 Å². The standard InChI is InChI=1S/C16H24O3/c1-10-5-8-16(18)9-11-6-7-14(2,13(17)19-4)12(11)15(10,16)3/h11-12,18H,1,5-9H2,2-4H3/t11-,12+,14+,15+,16+/m0/s1. The lowest BCUT2D eigenvalue weighted by Crippen LogP contribution is -2.48. The van der Waals surface area contributed by atoms with Crippen LogP contribution in [0, 0.1) is 22.7 Å². The number of carbonyl (C=O) groups excluding carboxylic acids is 1. The SMILES string of the molecule is C=C1CC[C@@]2(O)C[C@@H]3CC[C@@](C)(C(=O)OC)[C@@H]3[C@@]12C. The van der Waals surface area contributed by atoms with Gasteiger partial charge in [0.05, 0.1) is 18.1 Å². The normalized spacial score (nSPS) is 52.1. The molecule has 0 aliphatic heterocycles. The number of fused-ring (bicyclic) bond motifs is 3. The highest BCUT2D eigenvalue weighted by Gasteiger charge is 2.71. The average Bonchev–Trinajstić information content (AvgIpc) is 2.89. The zero-order valence-corrected chi connectivity index (χ0v) is 12.2. The van der Waals surface area contributed by atoms with E-state index in [0.29, 0.717) is 5.92 Å². The van der Waals surface area contributed by atoms with Crippen molar-refractivity contribution in [2.24, 2.45) is 22.7 Å². The van der Waals surface area contributed by atoms with Crippen LogP contribution in [-0.2, 0) is 9.53 Å². The summed E-state index contributed by atoms with van der Waals surface area (Å²) in [6, 6.07) is 0. The third-order valence-corrected chi connectivity index (χ3v) is 6.61. The zero-order valence-electron chi connectivity index (χ0n) is 12.2. The molecule has 3 aliphatic rings.